The van der Waals surface area contributed by atoms with Gasteiger partial charge in [0.05, 0.1) is 19.3 Å². The first-order valence-electron chi connectivity index (χ1n) is 19.6. The van der Waals surface area contributed by atoms with Gasteiger partial charge in [0.1, 0.15) is 12.0 Å². The highest BCUT2D eigenvalue weighted by molar-refractivity contribution is 5.76. The number of rotatable bonds is 10. The smallest absolute Gasteiger partial charge is 0.312 e. The molecule has 5 saturated carbocycles. The van der Waals surface area contributed by atoms with Gasteiger partial charge in [-0.3, -0.25) is 24.0 Å². The van der Waals surface area contributed by atoms with E-state index < -0.39 is 60.2 Å². The molecule has 3 unspecified atom stereocenters. The highest BCUT2D eigenvalue weighted by atomic mass is 16.6. The van der Waals surface area contributed by atoms with E-state index in [1.807, 2.05) is 0 Å². The van der Waals surface area contributed by atoms with Gasteiger partial charge in [0.2, 0.25) is 0 Å². The molecule has 294 valence electrons. The van der Waals surface area contributed by atoms with Crippen LogP contribution in [0.1, 0.15) is 119 Å². The van der Waals surface area contributed by atoms with E-state index in [1.165, 1.54) is 7.11 Å². The molecule has 0 aliphatic heterocycles. The van der Waals surface area contributed by atoms with Crippen LogP contribution < -0.4 is 0 Å². The summed E-state index contributed by atoms with van der Waals surface area (Å²) in [5, 5.41) is 22.7. The summed E-state index contributed by atoms with van der Waals surface area (Å²) in [5.41, 5.74) is 0.156. The normalized spacial score (nSPS) is 43.1. The van der Waals surface area contributed by atoms with Crippen molar-refractivity contribution in [3.8, 4) is 0 Å². The molecule has 0 aromatic carbocycles. The lowest BCUT2D eigenvalue weighted by Gasteiger charge is -2.64. The van der Waals surface area contributed by atoms with Crippen LogP contribution >= 0.6 is 0 Å². The Labute approximate surface area is 308 Å². The van der Waals surface area contributed by atoms with Gasteiger partial charge >= 0.3 is 29.8 Å². The molecule has 0 bridgehead atoms. The summed E-state index contributed by atoms with van der Waals surface area (Å²) >= 11 is 0. The van der Waals surface area contributed by atoms with Gasteiger partial charge in [-0.25, -0.2) is 0 Å². The van der Waals surface area contributed by atoms with Crippen LogP contribution in [0.2, 0.25) is 0 Å². The second-order valence-electron chi connectivity index (χ2n) is 17.3. The van der Waals surface area contributed by atoms with Crippen LogP contribution in [0.15, 0.2) is 0 Å². The van der Waals surface area contributed by atoms with Crippen molar-refractivity contribution < 1.29 is 57.9 Å². The number of ether oxygens (including phenoxy) is 5. The summed E-state index contributed by atoms with van der Waals surface area (Å²) < 4.78 is 27.2. The van der Waals surface area contributed by atoms with Crippen LogP contribution in [-0.2, 0) is 47.7 Å². The van der Waals surface area contributed by atoms with Gasteiger partial charge in [0.15, 0.2) is 18.3 Å². The average Bonchev–Trinajstić information content (AvgIpc) is 3.43. The maximum Gasteiger partial charge on any atom is 0.312 e. The van der Waals surface area contributed by atoms with Crippen LogP contribution in [0.4, 0.5) is 0 Å². The molecule has 2 N–H and O–H groups in total. The first-order valence-corrected chi connectivity index (χ1v) is 19.6. The van der Waals surface area contributed by atoms with E-state index in [4.69, 9.17) is 23.7 Å². The number of hydrogen-bond acceptors (Lipinski definition) is 12. The van der Waals surface area contributed by atoms with Crippen LogP contribution in [0, 0.1) is 58.2 Å². The van der Waals surface area contributed by atoms with E-state index in [0.717, 1.165) is 72.1 Å². The Hall–Kier alpha value is -2.73. The van der Waals surface area contributed by atoms with Gasteiger partial charge < -0.3 is 33.9 Å². The van der Waals surface area contributed by atoms with E-state index in [1.54, 1.807) is 0 Å². The van der Waals surface area contributed by atoms with Crippen LogP contribution in [-0.4, -0.2) is 83.8 Å². The average molecular weight is 735 g/mol. The quantitative estimate of drug-likeness (QED) is 0.229. The zero-order chi connectivity index (χ0) is 38.3. The van der Waals surface area contributed by atoms with Gasteiger partial charge in [-0.1, -0.05) is 34.1 Å². The number of aliphatic hydroxyl groups excluding tert-OH is 2. The van der Waals surface area contributed by atoms with Crippen molar-refractivity contribution in [2.75, 3.05) is 7.11 Å². The van der Waals surface area contributed by atoms with Crippen molar-refractivity contribution in [3.63, 3.8) is 0 Å². The Morgan fingerprint density at radius 1 is 0.750 bits per heavy atom. The summed E-state index contributed by atoms with van der Waals surface area (Å²) in [5.74, 6) is -2.53. The standard InChI is InChI=1S/C40H62O12/c1-9-25-30-18-24(44)14-16-40(30,7)29-15-17-39(6)27(11-12-28(39)33(29)34(25)46)20(2)10-13-32(45)52-31-19-26(38(47)48-8)35(49-21(3)41)37(51-23(5)43)36(31)50-22(4)42/h20,24-31,33-37,44,46H,9-19H2,1-8H3/t20-,24-,25-,26+,27-,28?,29?,30+,31-,33?,34-,35-,36+,37+,39-,40-/m1/s1. The lowest BCUT2D eigenvalue weighted by Crippen LogP contribution is -2.62. The van der Waals surface area contributed by atoms with Crippen LogP contribution in [0.5, 0.6) is 0 Å². The molecule has 0 heterocycles. The molecule has 0 aromatic heterocycles. The molecule has 16 atom stereocenters. The molecule has 5 aliphatic rings. The van der Waals surface area contributed by atoms with Crippen LogP contribution in [0.3, 0.4) is 0 Å². The fourth-order valence-electron chi connectivity index (χ4n) is 12.4. The molecule has 0 spiro atoms. The molecule has 0 aromatic rings. The Kier molecular flexibility index (Phi) is 12.4. The van der Waals surface area contributed by atoms with E-state index in [2.05, 4.69) is 27.7 Å². The predicted octanol–water partition coefficient (Wildman–Crippen LogP) is 4.93. The van der Waals surface area contributed by atoms with Gasteiger partial charge in [-0.15, -0.1) is 0 Å². The van der Waals surface area contributed by atoms with Crippen molar-refractivity contribution in [2.24, 2.45) is 58.2 Å². The maximum absolute atomic E-state index is 13.5. The molecule has 5 rings (SSSR count). The van der Waals surface area contributed by atoms with Crippen molar-refractivity contribution >= 4 is 29.8 Å². The molecule has 0 radical (unpaired) electrons. The fraction of sp³-hybridized carbons (Fsp3) is 0.875. The first kappa shape index (κ1) is 40.5. The van der Waals surface area contributed by atoms with Crippen molar-refractivity contribution in [1.29, 1.82) is 0 Å². The third kappa shape index (κ3) is 7.62. The van der Waals surface area contributed by atoms with E-state index >= 15 is 0 Å². The Balaban J connectivity index is 1.29. The molecule has 0 saturated heterocycles. The number of esters is 5. The number of hydrogen-bond donors (Lipinski definition) is 2. The topological polar surface area (TPSA) is 172 Å². The van der Waals surface area contributed by atoms with Gasteiger partial charge in [0, 0.05) is 33.6 Å². The lowest BCUT2D eigenvalue weighted by molar-refractivity contribution is -0.221. The zero-order valence-corrected chi connectivity index (χ0v) is 32.3. The molecule has 12 nitrogen and oxygen atoms in total. The summed E-state index contributed by atoms with van der Waals surface area (Å²) in [6.07, 6.45) is 2.38. The van der Waals surface area contributed by atoms with E-state index in [0.29, 0.717) is 30.1 Å². The predicted molar refractivity (Wildman–Crippen MR) is 187 cm³/mol. The van der Waals surface area contributed by atoms with Crippen molar-refractivity contribution in [3.05, 3.63) is 0 Å². The zero-order valence-electron chi connectivity index (χ0n) is 32.3. The van der Waals surface area contributed by atoms with E-state index in [-0.39, 0.29) is 53.6 Å². The molecular formula is C40H62O12. The number of aliphatic hydroxyl groups is 2. The minimum absolute atomic E-state index is 0.0294. The molecule has 0 amide bonds. The van der Waals surface area contributed by atoms with Gasteiger partial charge in [0.25, 0.3) is 0 Å². The first-order chi connectivity index (χ1) is 24.5. The monoisotopic (exact) mass is 734 g/mol. The molecule has 5 aliphatic carbocycles. The van der Waals surface area contributed by atoms with E-state index in [9.17, 15) is 34.2 Å². The lowest BCUT2D eigenvalue weighted by atomic mass is 9.41. The summed E-state index contributed by atoms with van der Waals surface area (Å²) in [6.45, 7) is 12.7. The highest BCUT2D eigenvalue weighted by Crippen LogP contribution is 2.69. The van der Waals surface area contributed by atoms with Gasteiger partial charge in [-0.05, 0) is 104 Å². The largest absolute Gasteiger partial charge is 0.469 e. The summed E-state index contributed by atoms with van der Waals surface area (Å²) in [4.78, 5) is 62.8. The third-order valence-electron chi connectivity index (χ3n) is 14.5. The second kappa shape index (κ2) is 15.9. The Morgan fingerprint density at radius 2 is 1.35 bits per heavy atom. The number of fused-ring (bicyclic) bond motifs is 5. The maximum atomic E-state index is 13.5. The third-order valence-corrected chi connectivity index (χ3v) is 14.5. The molecule has 5 fully saturated rings. The highest BCUT2D eigenvalue weighted by Gasteiger charge is 2.65. The fourth-order valence-corrected chi connectivity index (χ4v) is 12.4. The molecule has 12 heteroatoms. The van der Waals surface area contributed by atoms with Crippen LogP contribution in [0.25, 0.3) is 0 Å². The Morgan fingerprint density at radius 3 is 1.96 bits per heavy atom. The number of carbonyl (C=O) groups excluding carboxylic acids is 5. The number of methoxy groups -OCH3 is 1. The molecular weight excluding hydrogens is 672 g/mol. The number of carbonyl (C=O) groups is 5. The summed E-state index contributed by atoms with van der Waals surface area (Å²) in [6, 6.07) is 0. The van der Waals surface area contributed by atoms with Gasteiger partial charge in [-0.2, -0.15) is 0 Å². The van der Waals surface area contributed by atoms with Crippen molar-refractivity contribution in [2.45, 2.75) is 156 Å². The minimum Gasteiger partial charge on any atom is -0.469 e. The Bertz CT molecular complexity index is 1350. The molecule has 52 heavy (non-hydrogen) atoms. The van der Waals surface area contributed by atoms with Crippen molar-refractivity contribution in [1.82, 2.24) is 0 Å². The summed E-state index contributed by atoms with van der Waals surface area (Å²) in [7, 11) is 1.17. The SMILES string of the molecule is CC[C@H]1[C@@H](O)C2C3CC[C@H]([C@H](C)CCC(=O)O[C@@H]4C[C@H](C(=O)OC)[C@@H](OC(C)=O)[C@H](OC(C)=O)[C@H]4OC(C)=O)[C@@]3(C)CCC2[C@@]2(C)CC[C@@H](O)C[C@@H]12. The second-order valence-corrected chi connectivity index (χ2v) is 17.3. The minimum atomic E-state index is -1.41.